The Bertz CT molecular complexity index is 1070. The van der Waals surface area contributed by atoms with Crippen molar-refractivity contribution in [2.24, 2.45) is 11.3 Å². The highest BCUT2D eigenvalue weighted by atomic mass is 16.5. The molecule has 0 spiro atoms. The molecule has 2 atom stereocenters. The van der Waals surface area contributed by atoms with Crippen LogP contribution in [0.3, 0.4) is 0 Å². The number of ether oxygens (including phenoxy) is 1. The normalized spacial score (nSPS) is 19.6. The van der Waals surface area contributed by atoms with Gasteiger partial charge in [0, 0.05) is 30.5 Å². The number of likely N-dealkylation sites (tertiary alicyclic amines) is 1. The summed E-state index contributed by atoms with van der Waals surface area (Å²) in [7, 11) is 0. The molecule has 2 aromatic carbocycles. The Kier molecular flexibility index (Phi) is 7.15. The van der Waals surface area contributed by atoms with E-state index in [1.807, 2.05) is 45.0 Å². The molecule has 0 radical (unpaired) electrons. The summed E-state index contributed by atoms with van der Waals surface area (Å²) in [4.78, 5) is 38.7. The molecule has 7 nitrogen and oxygen atoms in total. The second kappa shape index (κ2) is 10.1. The van der Waals surface area contributed by atoms with Crippen LogP contribution in [0, 0.1) is 11.3 Å². The predicted octanol–water partition coefficient (Wildman–Crippen LogP) is 4.65. The van der Waals surface area contributed by atoms with Gasteiger partial charge >= 0.3 is 12.1 Å². The number of rotatable bonds is 7. The number of nitrogens with zero attached hydrogens (tertiary/aromatic N) is 1. The van der Waals surface area contributed by atoms with Crippen LogP contribution in [0.2, 0.25) is 0 Å². The van der Waals surface area contributed by atoms with Crippen molar-refractivity contribution in [3.05, 3.63) is 59.7 Å². The molecular formula is C28H34N2O5. The summed E-state index contributed by atoms with van der Waals surface area (Å²) in [6.07, 6.45) is 0.904. The van der Waals surface area contributed by atoms with E-state index in [4.69, 9.17) is 4.74 Å². The average Bonchev–Trinajstić information content (AvgIpc) is 3.16. The van der Waals surface area contributed by atoms with E-state index in [2.05, 4.69) is 29.6 Å². The van der Waals surface area contributed by atoms with Crippen LogP contribution in [0.1, 0.15) is 57.1 Å². The quantitative estimate of drug-likeness (QED) is 0.604. The molecule has 2 amide bonds. The molecule has 7 heteroatoms. The van der Waals surface area contributed by atoms with Gasteiger partial charge in [-0.25, -0.2) is 4.79 Å². The first-order chi connectivity index (χ1) is 16.7. The fourth-order valence-electron chi connectivity index (χ4n) is 5.32. The number of carboxylic acids is 1. The Morgan fingerprint density at radius 2 is 1.66 bits per heavy atom. The third kappa shape index (κ3) is 5.19. The minimum Gasteiger partial charge on any atom is -0.481 e. The van der Waals surface area contributed by atoms with Crippen molar-refractivity contribution in [1.82, 2.24) is 10.2 Å². The van der Waals surface area contributed by atoms with E-state index < -0.39 is 23.4 Å². The van der Waals surface area contributed by atoms with Gasteiger partial charge in [-0.3, -0.25) is 9.59 Å². The average molecular weight is 479 g/mol. The van der Waals surface area contributed by atoms with E-state index in [9.17, 15) is 19.5 Å². The minimum atomic E-state index is -0.796. The van der Waals surface area contributed by atoms with Crippen molar-refractivity contribution in [2.75, 3.05) is 19.7 Å². The largest absolute Gasteiger partial charge is 0.481 e. The molecule has 1 aliphatic heterocycles. The highest BCUT2D eigenvalue weighted by Crippen LogP contribution is 2.44. The summed E-state index contributed by atoms with van der Waals surface area (Å²) in [5.41, 5.74) is 4.00. The summed E-state index contributed by atoms with van der Waals surface area (Å²) in [6.45, 7) is 6.64. The first-order valence-electron chi connectivity index (χ1n) is 12.3. The number of nitrogens with one attached hydrogen (secondary N) is 1. The second-order valence-electron chi connectivity index (χ2n) is 10.3. The van der Waals surface area contributed by atoms with Crippen molar-refractivity contribution in [3.8, 4) is 11.1 Å². The van der Waals surface area contributed by atoms with Gasteiger partial charge in [-0.1, -0.05) is 62.4 Å². The fraction of sp³-hybridized carbons (Fsp3) is 0.464. The van der Waals surface area contributed by atoms with Gasteiger partial charge < -0.3 is 20.1 Å². The van der Waals surface area contributed by atoms with Gasteiger partial charge in [0.25, 0.3) is 0 Å². The van der Waals surface area contributed by atoms with Crippen molar-refractivity contribution in [1.29, 1.82) is 0 Å². The number of amides is 2. The van der Waals surface area contributed by atoms with Crippen LogP contribution in [-0.2, 0) is 14.3 Å². The molecule has 0 aromatic heterocycles. The molecule has 2 unspecified atom stereocenters. The molecule has 0 saturated carbocycles. The van der Waals surface area contributed by atoms with E-state index >= 15 is 0 Å². The molecule has 4 rings (SSSR count). The van der Waals surface area contributed by atoms with Crippen molar-refractivity contribution in [2.45, 2.75) is 52.0 Å². The molecule has 1 aliphatic carbocycles. The maximum atomic E-state index is 13.2. The fourth-order valence-corrected chi connectivity index (χ4v) is 5.32. The van der Waals surface area contributed by atoms with Crippen LogP contribution in [-0.4, -0.2) is 53.7 Å². The smallest absolute Gasteiger partial charge is 0.407 e. The van der Waals surface area contributed by atoms with Crippen LogP contribution in [0.5, 0.6) is 0 Å². The van der Waals surface area contributed by atoms with E-state index in [-0.39, 0.29) is 24.5 Å². The number of benzene rings is 2. The lowest BCUT2D eigenvalue weighted by molar-refractivity contribution is -0.151. The van der Waals surface area contributed by atoms with E-state index in [1.165, 1.54) is 11.1 Å². The van der Waals surface area contributed by atoms with Crippen LogP contribution >= 0.6 is 0 Å². The monoisotopic (exact) mass is 478 g/mol. The zero-order valence-electron chi connectivity index (χ0n) is 20.6. The number of carboxylic acid groups (broad SMARTS) is 1. The van der Waals surface area contributed by atoms with Crippen LogP contribution in [0.15, 0.2) is 48.5 Å². The number of carbonyl (C=O) groups is 3. The minimum absolute atomic E-state index is 0.00128. The van der Waals surface area contributed by atoms with Crippen molar-refractivity contribution >= 4 is 18.0 Å². The molecule has 2 N–H and O–H groups in total. The predicted molar refractivity (Wildman–Crippen MR) is 133 cm³/mol. The summed E-state index contributed by atoms with van der Waals surface area (Å²) in [5, 5.41) is 12.1. The maximum absolute atomic E-state index is 13.2. The van der Waals surface area contributed by atoms with Gasteiger partial charge in [-0.15, -0.1) is 0 Å². The number of piperidine rings is 1. The number of carbonyl (C=O) groups excluding carboxylic acids is 2. The van der Waals surface area contributed by atoms with E-state index in [0.717, 1.165) is 11.1 Å². The topological polar surface area (TPSA) is 95.9 Å². The molecular weight excluding hydrogens is 444 g/mol. The lowest BCUT2D eigenvalue weighted by Crippen LogP contribution is -2.51. The third-order valence-electron chi connectivity index (χ3n) is 7.43. The summed E-state index contributed by atoms with van der Waals surface area (Å²) < 4.78 is 5.58. The second-order valence-corrected chi connectivity index (χ2v) is 10.3. The summed E-state index contributed by atoms with van der Waals surface area (Å²) in [5.74, 6) is -1.20. The Morgan fingerprint density at radius 3 is 2.23 bits per heavy atom. The molecule has 1 fully saturated rings. The maximum Gasteiger partial charge on any atom is 0.407 e. The molecule has 1 heterocycles. The van der Waals surface area contributed by atoms with Crippen LogP contribution < -0.4 is 5.32 Å². The Morgan fingerprint density at radius 1 is 1.06 bits per heavy atom. The van der Waals surface area contributed by atoms with Gasteiger partial charge in [-0.2, -0.15) is 0 Å². The SMILES string of the molecule is CC1CC(C(=O)O)CCN1C(=O)C(C)(C)CCNC(=O)OCC1c2ccccc2-c2ccccc21. The first kappa shape index (κ1) is 24.8. The van der Waals surface area contributed by atoms with Gasteiger partial charge in [0.1, 0.15) is 6.61 Å². The van der Waals surface area contributed by atoms with E-state index in [1.54, 1.807) is 4.90 Å². The zero-order valence-corrected chi connectivity index (χ0v) is 20.6. The number of hydrogen-bond acceptors (Lipinski definition) is 4. The lowest BCUT2D eigenvalue weighted by atomic mass is 9.84. The van der Waals surface area contributed by atoms with Crippen molar-refractivity contribution in [3.63, 3.8) is 0 Å². The Balaban J connectivity index is 1.27. The Labute approximate surface area is 206 Å². The Hall–Kier alpha value is -3.35. The van der Waals surface area contributed by atoms with Crippen molar-refractivity contribution < 1.29 is 24.2 Å². The number of aliphatic carboxylic acids is 1. The molecule has 35 heavy (non-hydrogen) atoms. The van der Waals surface area contributed by atoms with Gasteiger partial charge in [0.2, 0.25) is 5.91 Å². The molecule has 2 aromatic rings. The van der Waals surface area contributed by atoms with Gasteiger partial charge in [0.05, 0.1) is 5.92 Å². The summed E-state index contributed by atoms with van der Waals surface area (Å²) in [6, 6.07) is 16.3. The van der Waals surface area contributed by atoms with Gasteiger partial charge in [-0.05, 0) is 48.4 Å². The van der Waals surface area contributed by atoms with Crippen LogP contribution in [0.25, 0.3) is 11.1 Å². The molecule has 2 aliphatic rings. The number of hydrogen-bond donors (Lipinski definition) is 2. The third-order valence-corrected chi connectivity index (χ3v) is 7.43. The molecule has 186 valence electrons. The first-order valence-corrected chi connectivity index (χ1v) is 12.3. The highest BCUT2D eigenvalue weighted by Gasteiger charge is 2.38. The number of alkyl carbamates (subject to hydrolysis) is 1. The van der Waals surface area contributed by atoms with Gasteiger partial charge in [0.15, 0.2) is 0 Å². The highest BCUT2D eigenvalue weighted by molar-refractivity contribution is 5.83. The lowest BCUT2D eigenvalue weighted by Gasteiger charge is -2.40. The molecule has 0 bridgehead atoms. The zero-order chi connectivity index (χ0) is 25.2. The van der Waals surface area contributed by atoms with Crippen LogP contribution in [0.4, 0.5) is 4.79 Å². The standard InChI is InChI=1S/C28H34N2O5/c1-18-16-19(25(31)32)12-15-30(18)26(33)28(2,3)13-14-29-27(34)35-17-24-22-10-6-4-8-20(22)21-9-5-7-11-23(21)24/h4-11,18-19,24H,12-17H2,1-3H3,(H,29,34)(H,31,32). The summed E-state index contributed by atoms with van der Waals surface area (Å²) >= 11 is 0. The van der Waals surface area contributed by atoms with E-state index in [0.29, 0.717) is 32.4 Å². The number of fused-ring (bicyclic) bond motifs is 3. The molecule has 1 saturated heterocycles.